The zero-order valence-electron chi connectivity index (χ0n) is 16.5. The summed E-state index contributed by atoms with van der Waals surface area (Å²) in [5, 5.41) is 3.89. The lowest BCUT2D eigenvalue weighted by Gasteiger charge is -2.20. The highest BCUT2D eigenvalue weighted by Gasteiger charge is 2.11. The van der Waals surface area contributed by atoms with Gasteiger partial charge in [0.05, 0.1) is 11.4 Å². The summed E-state index contributed by atoms with van der Waals surface area (Å²) in [6, 6.07) is 19.6. The Labute approximate surface area is 174 Å². The third-order valence-electron chi connectivity index (χ3n) is 5.02. The molecule has 5 nitrogen and oxygen atoms in total. The maximum absolute atomic E-state index is 12.6. The van der Waals surface area contributed by atoms with Gasteiger partial charge in [-0.3, -0.25) is 14.8 Å². The highest BCUT2D eigenvalue weighted by atomic mass is 35.5. The fourth-order valence-corrected chi connectivity index (χ4v) is 3.49. The van der Waals surface area contributed by atoms with Crippen molar-refractivity contribution in [1.82, 2.24) is 19.5 Å². The molecule has 6 heteroatoms. The van der Waals surface area contributed by atoms with Crippen LogP contribution < -0.4 is 5.56 Å². The minimum Gasteiger partial charge on any atom is -0.294 e. The molecule has 0 unspecified atom stereocenters. The van der Waals surface area contributed by atoms with E-state index in [1.807, 2.05) is 42.5 Å². The minimum atomic E-state index is -0.106. The number of halogens is 1. The molecule has 2 aromatic carbocycles. The van der Waals surface area contributed by atoms with Gasteiger partial charge in [0.15, 0.2) is 5.65 Å². The summed E-state index contributed by atoms with van der Waals surface area (Å²) in [6.45, 7) is 6.39. The van der Waals surface area contributed by atoms with Gasteiger partial charge in [-0.25, -0.2) is 9.50 Å². The first-order valence-corrected chi connectivity index (χ1v) is 10.0. The van der Waals surface area contributed by atoms with Crippen LogP contribution in [0.15, 0.2) is 65.5 Å². The molecule has 0 aliphatic heterocycles. The Hall–Kier alpha value is -2.89. The second kappa shape index (κ2) is 8.23. The lowest BCUT2D eigenvalue weighted by atomic mass is 10.1. The molecule has 0 amide bonds. The fraction of sp³-hybridized carbons (Fsp3) is 0.217. The van der Waals surface area contributed by atoms with Crippen LogP contribution in [0.25, 0.3) is 16.9 Å². The molecule has 2 heterocycles. The predicted octanol–water partition coefficient (Wildman–Crippen LogP) is 4.67. The number of benzene rings is 2. The molecule has 0 saturated heterocycles. The first kappa shape index (κ1) is 19.4. The number of fused-ring (bicyclic) bond motifs is 1. The molecular weight excluding hydrogens is 384 g/mol. The van der Waals surface area contributed by atoms with Crippen LogP contribution in [0.2, 0.25) is 5.02 Å². The van der Waals surface area contributed by atoms with Crippen LogP contribution in [0.5, 0.6) is 0 Å². The van der Waals surface area contributed by atoms with E-state index in [1.54, 1.807) is 6.07 Å². The van der Waals surface area contributed by atoms with Crippen molar-refractivity contribution in [3.63, 3.8) is 0 Å². The maximum Gasteiger partial charge on any atom is 0.272 e. The van der Waals surface area contributed by atoms with Crippen LogP contribution >= 0.6 is 11.6 Å². The van der Waals surface area contributed by atoms with Crippen molar-refractivity contribution in [2.75, 3.05) is 6.54 Å². The summed E-state index contributed by atoms with van der Waals surface area (Å²) in [7, 11) is 0. The fourth-order valence-electron chi connectivity index (χ4n) is 3.36. The molecule has 0 aliphatic carbocycles. The molecule has 0 aliphatic rings. The topological polar surface area (TPSA) is 53.4 Å². The van der Waals surface area contributed by atoms with Gasteiger partial charge in [0.1, 0.15) is 0 Å². The molecule has 148 valence electrons. The zero-order valence-corrected chi connectivity index (χ0v) is 17.3. The third kappa shape index (κ3) is 4.42. The zero-order chi connectivity index (χ0) is 20.4. The molecule has 2 aromatic heterocycles. The molecule has 29 heavy (non-hydrogen) atoms. The van der Waals surface area contributed by atoms with E-state index in [0.29, 0.717) is 12.2 Å². The van der Waals surface area contributed by atoms with Crippen LogP contribution in [0.1, 0.15) is 23.7 Å². The summed E-state index contributed by atoms with van der Waals surface area (Å²) in [5.41, 5.74) is 5.57. The van der Waals surface area contributed by atoms with Gasteiger partial charge in [0.2, 0.25) is 0 Å². The van der Waals surface area contributed by atoms with E-state index >= 15 is 0 Å². The SMILES string of the molecule is CCN(Cc1ccc(Cl)cc1)Cc1cc(=O)n2[nH]c(-c3ccc(C)cc3)cc2n1. The van der Waals surface area contributed by atoms with Crippen molar-refractivity contribution in [3.8, 4) is 11.3 Å². The standard InChI is InChI=1S/C23H23ClN4O/c1-3-27(14-17-6-10-19(24)11-7-17)15-20-12-23(29)28-22(25-20)13-21(26-28)18-8-4-16(2)5-9-18/h4-13,26H,3,14-15H2,1-2H3. The van der Waals surface area contributed by atoms with Crippen molar-refractivity contribution in [2.24, 2.45) is 0 Å². The minimum absolute atomic E-state index is 0.106. The maximum atomic E-state index is 12.6. The van der Waals surface area contributed by atoms with Crippen molar-refractivity contribution in [2.45, 2.75) is 26.9 Å². The second-order valence-electron chi connectivity index (χ2n) is 7.24. The molecule has 0 saturated carbocycles. The Morgan fingerprint density at radius 1 is 1.03 bits per heavy atom. The predicted molar refractivity (Wildman–Crippen MR) is 117 cm³/mol. The molecule has 1 N–H and O–H groups in total. The van der Waals surface area contributed by atoms with Crippen LogP contribution in [-0.4, -0.2) is 26.0 Å². The first-order valence-electron chi connectivity index (χ1n) is 9.67. The number of hydrogen-bond donors (Lipinski definition) is 1. The lowest BCUT2D eigenvalue weighted by molar-refractivity contribution is 0.268. The van der Waals surface area contributed by atoms with E-state index in [9.17, 15) is 4.79 Å². The number of aromatic amines is 1. The van der Waals surface area contributed by atoms with Gasteiger partial charge >= 0.3 is 0 Å². The molecule has 0 fully saturated rings. The van der Waals surface area contributed by atoms with Gasteiger partial charge in [-0.2, -0.15) is 0 Å². The monoisotopic (exact) mass is 406 g/mol. The Balaban J connectivity index is 1.59. The van der Waals surface area contributed by atoms with Gasteiger partial charge in [-0.1, -0.05) is 60.5 Å². The second-order valence-corrected chi connectivity index (χ2v) is 7.68. The number of H-pyrrole nitrogens is 1. The number of hydrogen-bond acceptors (Lipinski definition) is 3. The molecule has 0 bridgehead atoms. The smallest absolute Gasteiger partial charge is 0.272 e. The van der Waals surface area contributed by atoms with E-state index in [4.69, 9.17) is 16.6 Å². The van der Waals surface area contributed by atoms with Gasteiger partial charge in [0.25, 0.3) is 5.56 Å². The third-order valence-corrected chi connectivity index (χ3v) is 5.27. The average molecular weight is 407 g/mol. The number of aryl methyl sites for hydroxylation is 1. The van der Waals surface area contributed by atoms with Crippen LogP contribution in [0.4, 0.5) is 0 Å². The van der Waals surface area contributed by atoms with E-state index in [2.05, 4.69) is 36.0 Å². The van der Waals surface area contributed by atoms with E-state index in [0.717, 1.165) is 35.1 Å². The van der Waals surface area contributed by atoms with Gasteiger partial charge in [0, 0.05) is 30.2 Å². The number of nitrogens with one attached hydrogen (secondary N) is 1. The number of rotatable bonds is 6. The Morgan fingerprint density at radius 2 is 1.76 bits per heavy atom. The summed E-state index contributed by atoms with van der Waals surface area (Å²) < 4.78 is 1.49. The summed E-state index contributed by atoms with van der Waals surface area (Å²) in [6.07, 6.45) is 0. The van der Waals surface area contributed by atoms with Gasteiger partial charge in [-0.05, 0) is 36.7 Å². The molecule has 0 radical (unpaired) electrons. The molecule has 4 rings (SSSR count). The number of aromatic nitrogens is 3. The van der Waals surface area contributed by atoms with Crippen LogP contribution in [-0.2, 0) is 13.1 Å². The molecular formula is C23H23ClN4O. The van der Waals surface area contributed by atoms with Crippen LogP contribution in [0, 0.1) is 6.92 Å². The summed E-state index contributed by atoms with van der Waals surface area (Å²) in [4.78, 5) is 19.6. The normalized spacial score (nSPS) is 11.4. The largest absolute Gasteiger partial charge is 0.294 e. The molecule has 4 aromatic rings. The van der Waals surface area contributed by atoms with Crippen molar-refractivity contribution in [3.05, 3.63) is 92.9 Å². The van der Waals surface area contributed by atoms with E-state index in [1.165, 1.54) is 15.6 Å². The highest BCUT2D eigenvalue weighted by molar-refractivity contribution is 6.30. The van der Waals surface area contributed by atoms with Gasteiger partial charge in [-0.15, -0.1) is 0 Å². The highest BCUT2D eigenvalue weighted by Crippen LogP contribution is 2.19. The quantitative estimate of drug-likeness (QED) is 0.506. The molecule has 0 spiro atoms. The summed E-state index contributed by atoms with van der Waals surface area (Å²) in [5.74, 6) is 0. The van der Waals surface area contributed by atoms with Crippen molar-refractivity contribution in [1.29, 1.82) is 0 Å². The molecule has 0 atom stereocenters. The van der Waals surface area contributed by atoms with Crippen molar-refractivity contribution < 1.29 is 0 Å². The van der Waals surface area contributed by atoms with Gasteiger partial charge < -0.3 is 0 Å². The Kier molecular flexibility index (Phi) is 5.51. The average Bonchev–Trinajstić information content (AvgIpc) is 3.14. The Bertz CT molecular complexity index is 1180. The van der Waals surface area contributed by atoms with Crippen LogP contribution in [0.3, 0.4) is 0 Å². The number of nitrogens with zero attached hydrogens (tertiary/aromatic N) is 3. The first-order chi connectivity index (χ1) is 14.0. The van der Waals surface area contributed by atoms with E-state index in [-0.39, 0.29) is 5.56 Å². The van der Waals surface area contributed by atoms with Crippen molar-refractivity contribution >= 4 is 17.2 Å². The Morgan fingerprint density at radius 3 is 2.45 bits per heavy atom. The summed E-state index contributed by atoms with van der Waals surface area (Å²) >= 11 is 5.98. The lowest BCUT2D eigenvalue weighted by Crippen LogP contribution is -2.25. The van der Waals surface area contributed by atoms with E-state index < -0.39 is 0 Å².